The first-order valence-corrected chi connectivity index (χ1v) is 8.61. The fourth-order valence-electron chi connectivity index (χ4n) is 2.00. The number of hydrogen-bond donors (Lipinski definition) is 0. The minimum atomic E-state index is -1.49. The number of hydrogen-bond acceptors (Lipinski definition) is 8. The third-order valence-corrected chi connectivity index (χ3v) is 3.65. The molecule has 0 aliphatic rings. The van der Waals surface area contributed by atoms with Crippen molar-refractivity contribution in [2.24, 2.45) is 0 Å². The minimum Gasteiger partial charge on any atom is -0.585 e. The maximum atomic E-state index is 12.1. The maximum Gasteiger partial charge on any atom is 0.886 e. The summed E-state index contributed by atoms with van der Waals surface area (Å²) in [4.78, 5) is 46.4. The van der Waals surface area contributed by atoms with Gasteiger partial charge in [-0.1, -0.05) is 24.3 Å². The molecule has 0 amide bonds. The van der Waals surface area contributed by atoms with E-state index in [2.05, 4.69) is 0 Å². The van der Waals surface area contributed by atoms with E-state index < -0.39 is 39.8 Å². The van der Waals surface area contributed by atoms with Crippen molar-refractivity contribution in [3.8, 4) is 11.5 Å². The van der Waals surface area contributed by atoms with Gasteiger partial charge in [0, 0.05) is 13.8 Å². The Morgan fingerprint density at radius 2 is 1.04 bits per heavy atom. The summed E-state index contributed by atoms with van der Waals surface area (Å²) in [7, 11) is 0. The average molecular weight is 403 g/mol. The third-order valence-electron chi connectivity index (χ3n) is 3.03. The number of rotatable bonds is 6. The van der Waals surface area contributed by atoms with Gasteiger partial charge >= 0.3 is 39.8 Å². The molecule has 10 heteroatoms. The van der Waals surface area contributed by atoms with E-state index in [-0.39, 0.29) is 28.1 Å². The summed E-state index contributed by atoms with van der Waals surface area (Å²) in [5.41, 5.74) is 0.0492. The molecule has 9 nitrogen and oxygen atoms in total. The number of para-hydroxylation sites is 2. The largest absolute Gasteiger partial charge is 0.886 e. The van der Waals surface area contributed by atoms with Crippen LogP contribution < -0.4 is 9.47 Å². The summed E-state index contributed by atoms with van der Waals surface area (Å²) in [6, 6.07) is 12.0. The highest BCUT2D eigenvalue weighted by molar-refractivity contribution is 6.28. The predicted molar refractivity (Wildman–Crippen MR) is 95.7 cm³/mol. The van der Waals surface area contributed by atoms with E-state index in [1.54, 1.807) is 24.3 Å². The highest BCUT2D eigenvalue weighted by Gasteiger charge is 2.21. The van der Waals surface area contributed by atoms with E-state index in [0.29, 0.717) is 0 Å². The van der Waals surface area contributed by atoms with Crippen LogP contribution in [0.1, 0.15) is 34.6 Å². The fourth-order valence-corrected chi connectivity index (χ4v) is 2.47. The molecule has 0 atom stereocenters. The Hall–Kier alpha value is -3.19. The molecule has 0 unspecified atom stereocenters. The van der Waals surface area contributed by atoms with Gasteiger partial charge in [-0.3, -0.25) is 9.59 Å². The lowest BCUT2D eigenvalue weighted by Crippen LogP contribution is -2.18. The molecular formula is C18H16AlO9. The molecule has 1 radical (unpaired) electrons. The number of esters is 2. The molecule has 28 heavy (non-hydrogen) atoms. The van der Waals surface area contributed by atoms with Crippen molar-refractivity contribution in [1.82, 2.24) is 0 Å². The molecule has 0 aromatic heterocycles. The number of ether oxygens (including phenoxy) is 2. The normalized spacial score (nSPS) is 9.36. The van der Waals surface area contributed by atoms with E-state index in [9.17, 15) is 19.2 Å². The molecular weight excluding hydrogens is 387 g/mol. The maximum absolute atomic E-state index is 12.1. The van der Waals surface area contributed by atoms with Crippen LogP contribution in [0.4, 0.5) is 0 Å². The molecule has 0 saturated carbocycles. The van der Waals surface area contributed by atoms with Gasteiger partial charge in [-0.2, -0.15) is 0 Å². The molecule has 0 aliphatic heterocycles. The van der Waals surface area contributed by atoms with Crippen molar-refractivity contribution < 1.29 is 41.7 Å². The van der Waals surface area contributed by atoms with Crippen LogP contribution in [0.25, 0.3) is 0 Å². The summed E-state index contributed by atoms with van der Waals surface area (Å²) in [5.74, 6) is -2.69. The Labute approximate surface area is 166 Å². The zero-order valence-electron chi connectivity index (χ0n) is 15.0. The Bertz CT molecular complexity index is 807. The monoisotopic (exact) mass is 403 g/mol. The first-order chi connectivity index (χ1) is 12.9. The van der Waals surface area contributed by atoms with Crippen LogP contribution in [0.5, 0.6) is 11.5 Å². The smallest absolute Gasteiger partial charge is 0.585 e. The van der Waals surface area contributed by atoms with Gasteiger partial charge in [-0.25, -0.2) is 9.59 Å². The lowest BCUT2D eigenvalue weighted by Gasteiger charge is -2.11. The van der Waals surface area contributed by atoms with Gasteiger partial charge in [0.2, 0.25) is 0 Å². The molecule has 0 fully saturated rings. The second-order valence-electron chi connectivity index (χ2n) is 5.09. The molecule has 145 valence electrons. The summed E-state index contributed by atoms with van der Waals surface area (Å²) < 4.78 is 19.8. The van der Waals surface area contributed by atoms with Crippen molar-refractivity contribution in [3.05, 3.63) is 59.7 Å². The third kappa shape index (κ3) is 6.52. The topological polar surface area (TPSA) is 137 Å². The first kappa shape index (κ1) is 22.9. The second-order valence-corrected chi connectivity index (χ2v) is 5.75. The van der Waals surface area contributed by atoms with E-state index in [4.69, 9.17) is 17.1 Å². The van der Waals surface area contributed by atoms with Gasteiger partial charge in [-0.05, 0) is 24.3 Å². The Kier molecular flexibility index (Phi) is 8.85. The second kappa shape index (κ2) is 10.8. The van der Waals surface area contributed by atoms with Gasteiger partial charge in [0.05, 0.1) is 11.1 Å². The summed E-state index contributed by atoms with van der Waals surface area (Å²) in [6.07, 6.45) is 0. The molecule has 0 bridgehead atoms. The molecule has 2 N–H and O–H groups in total. The van der Waals surface area contributed by atoms with E-state index in [1.165, 1.54) is 38.1 Å². The van der Waals surface area contributed by atoms with Crippen LogP contribution >= 0.6 is 0 Å². The Balaban J connectivity index is 0.00000392. The molecule has 0 spiro atoms. The molecule has 2 aromatic carbocycles. The van der Waals surface area contributed by atoms with Crippen LogP contribution in [-0.2, 0) is 17.2 Å². The number of carbonyl (C=O) groups is 4. The van der Waals surface area contributed by atoms with Gasteiger partial charge < -0.3 is 22.5 Å². The minimum absolute atomic E-state index is 0. The van der Waals surface area contributed by atoms with Crippen LogP contribution in [0.2, 0.25) is 0 Å². The van der Waals surface area contributed by atoms with Crippen molar-refractivity contribution in [3.63, 3.8) is 0 Å². The first-order valence-electron chi connectivity index (χ1n) is 7.67. The number of benzene rings is 2. The standard InChI is InChI=1S/2C9H8O4.Al.H2O/c2*1-6(10)13-8-5-3-2-4-7(8)9(11)12;;/h2*2-5H,1H3,(H,11,12);;1H2/q;;+2;/p-2. The SMILES string of the molecule is CC(=O)Oc1ccccc1C(=O)[O][Al][O]C(=O)c1ccccc1OC(C)=O.O. The highest BCUT2D eigenvalue weighted by Crippen LogP contribution is 2.20. The van der Waals surface area contributed by atoms with Crippen molar-refractivity contribution >= 4 is 39.8 Å². The van der Waals surface area contributed by atoms with E-state index >= 15 is 0 Å². The van der Waals surface area contributed by atoms with Crippen LogP contribution in [-0.4, -0.2) is 45.2 Å². The zero-order valence-corrected chi connectivity index (χ0v) is 16.1. The zero-order chi connectivity index (χ0) is 19.8. The molecule has 0 saturated heterocycles. The molecule has 0 aliphatic carbocycles. The summed E-state index contributed by atoms with van der Waals surface area (Å²) in [6.45, 7) is 2.41. The fraction of sp³-hybridized carbons (Fsp3) is 0.111. The van der Waals surface area contributed by atoms with Gasteiger partial charge in [0.25, 0.3) is 0 Å². The lowest BCUT2D eigenvalue weighted by molar-refractivity contribution is -0.132. The number of carbonyl (C=O) groups excluding carboxylic acids is 4. The lowest BCUT2D eigenvalue weighted by atomic mass is 10.2. The predicted octanol–water partition coefficient (Wildman–Crippen LogP) is 1.26. The van der Waals surface area contributed by atoms with Gasteiger partial charge in [0.15, 0.2) is 0 Å². The van der Waals surface area contributed by atoms with Crippen molar-refractivity contribution in [1.29, 1.82) is 0 Å². The van der Waals surface area contributed by atoms with Crippen LogP contribution in [0.15, 0.2) is 48.5 Å². The van der Waals surface area contributed by atoms with Crippen LogP contribution in [0, 0.1) is 0 Å². The Morgan fingerprint density at radius 3 is 1.39 bits per heavy atom. The Morgan fingerprint density at radius 1 is 0.679 bits per heavy atom. The van der Waals surface area contributed by atoms with Crippen molar-refractivity contribution in [2.75, 3.05) is 0 Å². The molecule has 2 aromatic rings. The summed E-state index contributed by atoms with van der Waals surface area (Å²) in [5, 5.41) is 0. The quantitative estimate of drug-likeness (QED) is 0.399. The highest BCUT2D eigenvalue weighted by atomic mass is 27.2. The van der Waals surface area contributed by atoms with Crippen molar-refractivity contribution in [2.45, 2.75) is 13.8 Å². The van der Waals surface area contributed by atoms with Gasteiger partial charge in [0.1, 0.15) is 11.5 Å². The van der Waals surface area contributed by atoms with Crippen LogP contribution in [0.3, 0.4) is 0 Å². The average Bonchev–Trinajstić information content (AvgIpc) is 2.61. The molecule has 2 rings (SSSR count). The summed E-state index contributed by atoms with van der Waals surface area (Å²) >= 11 is -1.49. The van der Waals surface area contributed by atoms with Gasteiger partial charge in [-0.15, -0.1) is 0 Å². The van der Waals surface area contributed by atoms with E-state index in [1.807, 2.05) is 0 Å². The van der Waals surface area contributed by atoms with E-state index in [0.717, 1.165) is 0 Å². The molecule has 0 heterocycles.